The van der Waals surface area contributed by atoms with Crippen molar-refractivity contribution in [2.75, 3.05) is 11.9 Å². The molecule has 0 bridgehead atoms. The summed E-state index contributed by atoms with van der Waals surface area (Å²) in [5.74, 6) is 1.65. The van der Waals surface area contributed by atoms with Crippen molar-refractivity contribution in [3.05, 3.63) is 53.5 Å². The summed E-state index contributed by atoms with van der Waals surface area (Å²) < 4.78 is 5.40. The number of aryl methyl sites for hydroxylation is 2. The van der Waals surface area contributed by atoms with Crippen LogP contribution >= 0.6 is 0 Å². The van der Waals surface area contributed by atoms with Crippen LogP contribution in [-0.4, -0.2) is 12.5 Å². The van der Waals surface area contributed by atoms with Crippen molar-refractivity contribution in [3.8, 4) is 0 Å². The second-order valence-electron chi connectivity index (χ2n) is 4.53. The Hall–Kier alpha value is -2.07. The van der Waals surface area contributed by atoms with Crippen molar-refractivity contribution in [1.29, 1.82) is 0 Å². The number of benzene rings is 1. The highest BCUT2D eigenvalue weighted by Gasteiger charge is 2.03. The van der Waals surface area contributed by atoms with Crippen molar-refractivity contribution in [3.63, 3.8) is 0 Å². The van der Waals surface area contributed by atoms with Gasteiger partial charge in [-0.15, -0.1) is 0 Å². The van der Waals surface area contributed by atoms with Crippen molar-refractivity contribution in [2.24, 2.45) is 0 Å². The number of furan rings is 1. The molecule has 0 spiro atoms. The summed E-state index contributed by atoms with van der Waals surface area (Å²) >= 11 is 0. The third-order valence-corrected chi connectivity index (χ3v) is 2.72. The molecule has 4 nitrogen and oxygen atoms in total. The molecule has 1 heterocycles. The van der Waals surface area contributed by atoms with Gasteiger partial charge in [0.15, 0.2) is 0 Å². The van der Waals surface area contributed by atoms with Gasteiger partial charge in [0.2, 0.25) is 5.91 Å². The van der Waals surface area contributed by atoms with Gasteiger partial charge in [0.25, 0.3) is 0 Å². The van der Waals surface area contributed by atoms with Crippen LogP contribution < -0.4 is 10.6 Å². The predicted molar refractivity (Wildman–Crippen MR) is 75.0 cm³/mol. The van der Waals surface area contributed by atoms with Gasteiger partial charge in [-0.05, 0) is 38.1 Å². The maximum Gasteiger partial charge on any atom is 0.238 e. The second kappa shape index (κ2) is 6.20. The lowest BCUT2D eigenvalue weighted by molar-refractivity contribution is -0.115. The molecule has 100 valence electrons. The van der Waals surface area contributed by atoms with Crippen molar-refractivity contribution in [2.45, 2.75) is 20.4 Å². The van der Waals surface area contributed by atoms with E-state index in [9.17, 15) is 4.79 Å². The molecular formula is C15H18N2O2. The van der Waals surface area contributed by atoms with E-state index in [1.807, 2.05) is 50.2 Å². The molecule has 1 aromatic heterocycles. The van der Waals surface area contributed by atoms with E-state index in [0.717, 1.165) is 17.2 Å². The smallest absolute Gasteiger partial charge is 0.238 e. The highest BCUT2D eigenvalue weighted by Crippen LogP contribution is 2.08. The Labute approximate surface area is 112 Å². The summed E-state index contributed by atoms with van der Waals surface area (Å²) in [6, 6.07) is 11.5. The van der Waals surface area contributed by atoms with E-state index < -0.39 is 0 Å². The van der Waals surface area contributed by atoms with Gasteiger partial charge in [0.05, 0.1) is 13.1 Å². The van der Waals surface area contributed by atoms with Crippen LogP contribution in [0.15, 0.2) is 40.8 Å². The summed E-state index contributed by atoms with van der Waals surface area (Å²) in [5.41, 5.74) is 1.98. The molecule has 1 aromatic carbocycles. The Bertz CT molecular complexity index is 544. The van der Waals surface area contributed by atoms with Crippen LogP contribution in [0.25, 0.3) is 0 Å². The number of rotatable bonds is 5. The van der Waals surface area contributed by atoms with Gasteiger partial charge >= 0.3 is 0 Å². The molecule has 0 radical (unpaired) electrons. The lowest BCUT2D eigenvalue weighted by atomic mass is 10.2. The van der Waals surface area contributed by atoms with Crippen molar-refractivity contribution < 1.29 is 9.21 Å². The number of hydrogen-bond donors (Lipinski definition) is 2. The molecule has 0 aliphatic rings. The first-order chi connectivity index (χ1) is 9.13. The molecule has 4 heteroatoms. The Kier molecular flexibility index (Phi) is 4.36. The first-order valence-electron chi connectivity index (χ1n) is 6.26. The molecule has 0 aliphatic heterocycles. The molecule has 2 aromatic rings. The van der Waals surface area contributed by atoms with E-state index in [0.29, 0.717) is 6.54 Å². The zero-order chi connectivity index (χ0) is 13.7. The molecule has 2 rings (SSSR count). The third kappa shape index (κ3) is 4.26. The fourth-order valence-corrected chi connectivity index (χ4v) is 1.72. The van der Waals surface area contributed by atoms with Gasteiger partial charge in [0, 0.05) is 5.69 Å². The van der Waals surface area contributed by atoms with E-state index in [4.69, 9.17) is 4.42 Å². The molecule has 0 atom stereocenters. The lowest BCUT2D eigenvalue weighted by Gasteiger charge is -2.06. The fourth-order valence-electron chi connectivity index (χ4n) is 1.72. The molecule has 0 aliphatic carbocycles. The molecule has 0 fully saturated rings. The largest absolute Gasteiger partial charge is 0.465 e. The average Bonchev–Trinajstić information content (AvgIpc) is 2.78. The van der Waals surface area contributed by atoms with Crippen LogP contribution in [0.3, 0.4) is 0 Å². The molecule has 0 unspecified atom stereocenters. The topological polar surface area (TPSA) is 54.3 Å². The summed E-state index contributed by atoms with van der Waals surface area (Å²) in [6.45, 7) is 4.72. The Morgan fingerprint density at radius 1 is 1.11 bits per heavy atom. The number of carbonyl (C=O) groups excluding carboxylic acids is 1. The zero-order valence-electron chi connectivity index (χ0n) is 11.2. The minimum atomic E-state index is -0.0628. The molecule has 0 saturated carbocycles. The van der Waals surface area contributed by atoms with E-state index >= 15 is 0 Å². The summed E-state index contributed by atoms with van der Waals surface area (Å²) in [7, 11) is 0. The number of carbonyl (C=O) groups is 1. The predicted octanol–water partition coefficient (Wildman–Crippen LogP) is 2.62. The van der Waals surface area contributed by atoms with Crippen molar-refractivity contribution in [1.82, 2.24) is 5.32 Å². The normalized spacial score (nSPS) is 10.4. The first-order valence-corrected chi connectivity index (χ1v) is 6.26. The Morgan fingerprint density at radius 2 is 1.84 bits per heavy atom. The first kappa shape index (κ1) is 13.4. The monoisotopic (exact) mass is 258 g/mol. The second-order valence-corrected chi connectivity index (χ2v) is 4.53. The summed E-state index contributed by atoms with van der Waals surface area (Å²) in [5, 5.41) is 5.87. The molecule has 2 N–H and O–H groups in total. The number of anilines is 1. The van der Waals surface area contributed by atoms with Crippen LogP contribution in [0.5, 0.6) is 0 Å². The molecule has 1 amide bonds. The lowest BCUT2D eigenvalue weighted by Crippen LogP contribution is -2.27. The number of hydrogen-bond acceptors (Lipinski definition) is 3. The SMILES string of the molecule is Cc1ccc(NC(=O)CNCc2ccc(C)o2)cc1. The van der Waals surface area contributed by atoms with Gasteiger partial charge in [-0.1, -0.05) is 17.7 Å². The van der Waals surface area contributed by atoms with E-state index in [-0.39, 0.29) is 12.5 Å². The van der Waals surface area contributed by atoms with Gasteiger partial charge < -0.3 is 15.1 Å². The quantitative estimate of drug-likeness (QED) is 0.866. The van der Waals surface area contributed by atoms with Crippen LogP contribution in [0, 0.1) is 13.8 Å². The molecule has 19 heavy (non-hydrogen) atoms. The maximum absolute atomic E-state index is 11.7. The van der Waals surface area contributed by atoms with Crippen LogP contribution in [0.1, 0.15) is 17.1 Å². The zero-order valence-corrected chi connectivity index (χ0v) is 11.2. The van der Waals surface area contributed by atoms with Crippen LogP contribution in [0.2, 0.25) is 0 Å². The van der Waals surface area contributed by atoms with E-state index in [2.05, 4.69) is 10.6 Å². The molecule has 0 saturated heterocycles. The van der Waals surface area contributed by atoms with Gasteiger partial charge in [0.1, 0.15) is 11.5 Å². The Morgan fingerprint density at radius 3 is 2.47 bits per heavy atom. The van der Waals surface area contributed by atoms with Crippen molar-refractivity contribution >= 4 is 11.6 Å². The van der Waals surface area contributed by atoms with Crippen LogP contribution in [0.4, 0.5) is 5.69 Å². The van der Waals surface area contributed by atoms with E-state index in [1.165, 1.54) is 5.56 Å². The van der Waals surface area contributed by atoms with Gasteiger partial charge in [-0.3, -0.25) is 4.79 Å². The minimum Gasteiger partial charge on any atom is -0.465 e. The Balaban J connectivity index is 1.74. The number of nitrogens with one attached hydrogen (secondary N) is 2. The number of amides is 1. The van der Waals surface area contributed by atoms with Gasteiger partial charge in [-0.25, -0.2) is 0 Å². The van der Waals surface area contributed by atoms with Crippen LogP contribution in [-0.2, 0) is 11.3 Å². The summed E-state index contributed by atoms with van der Waals surface area (Å²) in [4.78, 5) is 11.7. The highest BCUT2D eigenvalue weighted by atomic mass is 16.3. The fraction of sp³-hybridized carbons (Fsp3) is 0.267. The highest BCUT2D eigenvalue weighted by molar-refractivity contribution is 5.92. The summed E-state index contributed by atoms with van der Waals surface area (Å²) in [6.07, 6.45) is 0. The molecular weight excluding hydrogens is 240 g/mol. The average molecular weight is 258 g/mol. The standard InChI is InChI=1S/C15H18N2O2/c1-11-3-6-13(7-4-11)17-15(18)10-16-9-14-8-5-12(2)19-14/h3-8,16H,9-10H2,1-2H3,(H,17,18). The third-order valence-electron chi connectivity index (χ3n) is 2.72. The minimum absolute atomic E-state index is 0.0628. The maximum atomic E-state index is 11.7. The van der Waals surface area contributed by atoms with E-state index in [1.54, 1.807) is 0 Å². The van der Waals surface area contributed by atoms with Gasteiger partial charge in [-0.2, -0.15) is 0 Å².